The second-order valence-corrected chi connectivity index (χ2v) is 15.2. The summed E-state index contributed by atoms with van der Waals surface area (Å²) in [6, 6.07) is 10.7. The summed E-state index contributed by atoms with van der Waals surface area (Å²) in [7, 11) is -4.40. The van der Waals surface area contributed by atoms with E-state index in [0.29, 0.717) is 17.7 Å². The SMILES string of the molecule is CCCN(C(=O)OC(C)(C)C)N1C(=O)c2cccc(c2)S(=O)(=O)Nc2nc(cc(-c3c(C)cccc3C)n2)OC[C@H]1CC1(C(F)(F)F)CC1. The number of alkyl halides is 3. The molecule has 264 valence electrons. The van der Waals surface area contributed by atoms with Crippen LogP contribution in [0.15, 0.2) is 53.4 Å². The van der Waals surface area contributed by atoms with Crippen LogP contribution < -0.4 is 9.46 Å². The molecular weight excluding hydrogens is 663 g/mol. The van der Waals surface area contributed by atoms with Gasteiger partial charge in [0.05, 0.1) is 22.0 Å². The number of hydrazine groups is 1. The van der Waals surface area contributed by atoms with E-state index in [0.717, 1.165) is 27.2 Å². The summed E-state index contributed by atoms with van der Waals surface area (Å²) >= 11 is 0. The number of fused-ring (bicyclic) bond motifs is 4. The van der Waals surface area contributed by atoms with Crippen LogP contribution in [0.1, 0.15) is 74.9 Å². The summed E-state index contributed by atoms with van der Waals surface area (Å²) < 4.78 is 84.9. The normalized spacial score (nSPS) is 18.6. The molecule has 0 spiro atoms. The summed E-state index contributed by atoms with van der Waals surface area (Å²) in [5, 5.41) is 1.93. The van der Waals surface area contributed by atoms with Gasteiger partial charge in [-0.05, 0) is 89.6 Å². The van der Waals surface area contributed by atoms with Crippen LogP contribution in [0.4, 0.5) is 23.9 Å². The number of amides is 2. The van der Waals surface area contributed by atoms with Crippen molar-refractivity contribution in [2.75, 3.05) is 17.9 Å². The second-order valence-electron chi connectivity index (χ2n) is 13.5. The molecule has 1 aromatic heterocycles. The van der Waals surface area contributed by atoms with E-state index in [1.807, 2.05) is 32.0 Å². The van der Waals surface area contributed by atoms with Gasteiger partial charge in [-0.25, -0.2) is 32.9 Å². The number of carbonyl (C=O) groups is 2. The van der Waals surface area contributed by atoms with E-state index in [9.17, 15) is 31.2 Å². The number of anilines is 1. The predicted molar refractivity (Wildman–Crippen MR) is 175 cm³/mol. The fourth-order valence-corrected chi connectivity index (χ4v) is 6.88. The maximum Gasteiger partial charge on any atom is 0.429 e. The van der Waals surface area contributed by atoms with E-state index in [2.05, 4.69) is 14.7 Å². The lowest BCUT2D eigenvalue weighted by Crippen LogP contribution is -2.58. The van der Waals surface area contributed by atoms with E-state index in [1.165, 1.54) is 24.3 Å². The van der Waals surface area contributed by atoms with Gasteiger partial charge < -0.3 is 9.47 Å². The van der Waals surface area contributed by atoms with Crippen LogP contribution in [0.2, 0.25) is 0 Å². The van der Waals surface area contributed by atoms with E-state index in [-0.39, 0.29) is 41.7 Å². The van der Waals surface area contributed by atoms with Crippen LogP contribution in [0, 0.1) is 19.3 Å². The predicted octanol–water partition coefficient (Wildman–Crippen LogP) is 7.06. The molecule has 2 aliphatic rings. The van der Waals surface area contributed by atoms with Crippen molar-refractivity contribution in [1.82, 2.24) is 20.0 Å². The number of nitrogens with zero attached hydrogens (tertiary/aromatic N) is 4. The number of hydrogen-bond acceptors (Lipinski definition) is 8. The molecule has 1 aliphatic carbocycles. The number of hydrogen-bond donors (Lipinski definition) is 1. The lowest BCUT2D eigenvalue weighted by Gasteiger charge is -2.41. The number of aryl methyl sites for hydroxylation is 2. The summed E-state index contributed by atoms with van der Waals surface area (Å²) in [5.74, 6) is -1.39. The molecule has 5 rings (SSSR count). The Morgan fingerprint density at radius 3 is 2.33 bits per heavy atom. The molecule has 0 saturated heterocycles. The van der Waals surface area contributed by atoms with Gasteiger partial charge in [0.1, 0.15) is 12.2 Å². The summed E-state index contributed by atoms with van der Waals surface area (Å²) in [6.45, 7) is 9.71. The van der Waals surface area contributed by atoms with Crippen molar-refractivity contribution in [2.45, 2.75) is 89.9 Å². The Balaban J connectivity index is 1.73. The standard InChI is InChI=1S/C34H40F3N5O6S/c1-7-16-41(31(44)48-32(4,5)6)42-24(19-33(14-15-33)34(35,36)37)20-47-27-18-26(28-21(2)10-8-11-22(28)3)38-30(39-27)40-49(45,46)25-13-9-12-23(17-25)29(42)43/h8-13,17-18,24H,7,14-16,19-20H2,1-6H3,(H,38,39,40)/t24-/m1/s1. The maximum absolute atomic E-state index is 14.5. The van der Waals surface area contributed by atoms with Gasteiger partial charge in [0.15, 0.2) is 0 Å². The number of halogens is 3. The molecule has 0 radical (unpaired) electrons. The molecule has 0 unspecified atom stereocenters. The Hall–Kier alpha value is -4.40. The van der Waals surface area contributed by atoms with Crippen LogP contribution in [0.5, 0.6) is 5.88 Å². The Labute approximate surface area is 283 Å². The minimum Gasteiger partial charge on any atom is -0.475 e. The monoisotopic (exact) mass is 703 g/mol. The smallest absolute Gasteiger partial charge is 0.429 e. The number of ether oxygens (including phenoxy) is 2. The summed E-state index contributed by atoms with van der Waals surface area (Å²) in [4.78, 5) is 36.6. The van der Waals surface area contributed by atoms with Crippen molar-refractivity contribution >= 4 is 28.0 Å². The van der Waals surface area contributed by atoms with E-state index in [4.69, 9.17) is 9.47 Å². The highest BCUT2D eigenvalue weighted by molar-refractivity contribution is 7.92. The van der Waals surface area contributed by atoms with E-state index >= 15 is 0 Å². The summed E-state index contributed by atoms with van der Waals surface area (Å²) in [5.41, 5.74) is -0.666. The van der Waals surface area contributed by atoms with Crippen molar-refractivity contribution in [3.8, 4) is 17.1 Å². The molecule has 49 heavy (non-hydrogen) atoms. The first-order valence-electron chi connectivity index (χ1n) is 16.0. The van der Waals surface area contributed by atoms with Crippen LogP contribution in [-0.4, -0.2) is 71.4 Å². The molecule has 2 aromatic carbocycles. The molecule has 15 heteroatoms. The first-order chi connectivity index (χ1) is 22.8. The van der Waals surface area contributed by atoms with E-state index in [1.54, 1.807) is 27.7 Å². The van der Waals surface area contributed by atoms with Gasteiger partial charge in [-0.15, -0.1) is 0 Å². The molecule has 4 bridgehead atoms. The van der Waals surface area contributed by atoms with Gasteiger partial charge in [0.25, 0.3) is 15.9 Å². The molecule has 2 amide bonds. The van der Waals surface area contributed by atoms with Crippen molar-refractivity contribution in [3.05, 3.63) is 65.2 Å². The maximum atomic E-state index is 14.5. The van der Waals surface area contributed by atoms with Gasteiger partial charge in [0.2, 0.25) is 11.8 Å². The lowest BCUT2D eigenvalue weighted by molar-refractivity contribution is -0.195. The molecule has 11 nitrogen and oxygen atoms in total. The quantitative estimate of drug-likeness (QED) is 0.289. The van der Waals surface area contributed by atoms with Crippen molar-refractivity contribution in [1.29, 1.82) is 0 Å². The molecule has 1 atom stereocenters. The third kappa shape index (κ3) is 7.76. The number of nitrogens with one attached hydrogen (secondary N) is 1. The van der Waals surface area contributed by atoms with Crippen LogP contribution >= 0.6 is 0 Å². The zero-order valence-corrected chi connectivity index (χ0v) is 29.0. The molecular formula is C34H40F3N5O6S. The number of carbonyl (C=O) groups excluding carboxylic acids is 2. The van der Waals surface area contributed by atoms with Gasteiger partial charge in [-0.2, -0.15) is 18.2 Å². The highest BCUT2D eigenvalue weighted by Crippen LogP contribution is 2.61. The van der Waals surface area contributed by atoms with Crippen molar-refractivity contribution < 1.29 is 40.7 Å². The Morgan fingerprint density at radius 2 is 1.73 bits per heavy atom. The first-order valence-corrected chi connectivity index (χ1v) is 17.4. The van der Waals surface area contributed by atoms with Crippen molar-refractivity contribution in [3.63, 3.8) is 0 Å². The fraction of sp³-hybridized carbons (Fsp3) is 0.471. The topological polar surface area (TPSA) is 131 Å². The number of aromatic nitrogens is 2. The summed E-state index contributed by atoms with van der Waals surface area (Å²) in [6.07, 6.45) is -6.17. The number of rotatable bonds is 6. The zero-order valence-electron chi connectivity index (χ0n) is 28.2. The third-order valence-electron chi connectivity index (χ3n) is 8.42. The van der Waals surface area contributed by atoms with Crippen LogP contribution in [-0.2, 0) is 14.8 Å². The van der Waals surface area contributed by atoms with Crippen LogP contribution in [0.25, 0.3) is 11.3 Å². The average molecular weight is 704 g/mol. The molecule has 1 fully saturated rings. The van der Waals surface area contributed by atoms with Gasteiger partial charge >= 0.3 is 12.3 Å². The Kier molecular flexibility index (Phi) is 9.63. The second kappa shape index (κ2) is 13.1. The highest BCUT2D eigenvalue weighted by atomic mass is 32.2. The Morgan fingerprint density at radius 1 is 1.08 bits per heavy atom. The zero-order chi connectivity index (χ0) is 35.9. The number of benzene rings is 2. The van der Waals surface area contributed by atoms with Gasteiger partial charge in [-0.3, -0.25) is 4.79 Å². The molecule has 1 saturated carbocycles. The van der Waals surface area contributed by atoms with Crippen LogP contribution in [0.3, 0.4) is 0 Å². The number of sulfonamides is 1. The molecule has 1 N–H and O–H groups in total. The highest BCUT2D eigenvalue weighted by Gasteiger charge is 2.64. The van der Waals surface area contributed by atoms with Gasteiger partial charge in [0, 0.05) is 23.7 Å². The molecule has 3 aromatic rings. The first kappa shape index (κ1) is 35.9. The average Bonchev–Trinajstić information content (AvgIpc) is 3.79. The van der Waals surface area contributed by atoms with Crippen molar-refractivity contribution in [2.24, 2.45) is 5.41 Å². The third-order valence-corrected chi connectivity index (χ3v) is 9.74. The van der Waals surface area contributed by atoms with Gasteiger partial charge in [-0.1, -0.05) is 31.2 Å². The molecule has 2 heterocycles. The largest absolute Gasteiger partial charge is 0.475 e. The Bertz CT molecular complexity index is 1840. The minimum absolute atomic E-state index is 0.0932. The molecule has 1 aliphatic heterocycles. The minimum atomic E-state index is -4.60. The lowest BCUT2D eigenvalue weighted by atomic mass is 9.95. The van der Waals surface area contributed by atoms with E-state index < -0.39 is 58.3 Å². The fourth-order valence-electron chi connectivity index (χ4n) is 5.89.